The monoisotopic (exact) mass is 501 g/mol. The number of fused-ring (bicyclic) bond motifs is 1. The number of aromatic amines is 1. The van der Waals surface area contributed by atoms with Crippen LogP contribution in [0.1, 0.15) is 56.2 Å². The van der Waals surface area contributed by atoms with Crippen molar-refractivity contribution in [2.45, 2.75) is 57.2 Å². The molecule has 2 N–H and O–H groups in total. The third kappa shape index (κ3) is 4.68. The molecule has 3 aromatic rings. The summed E-state index contributed by atoms with van der Waals surface area (Å²) in [6.07, 6.45) is 8.98. The fraction of sp³-hybridized carbons (Fsp3) is 0.500. The highest BCUT2D eigenvalue weighted by Gasteiger charge is 2.45. The lowest BCUT2D eigenvalue weighted by atomic mass is 9.95. The lowest BCUT2D eigenvalue weighted by Crippen LogP contribution is -2.49. The summed E-state index contributed by atoms with van der Waals surface area (Å²) in [5, 5.41) is 3.57. The average molecular weight is 502 g/mol. The second kappa shape index (κ2) is 9.45. The maximum Gasteiger partial charge on any atom is 0.327 e. The fourth-order valence-corrected chi connectivity index (χ4v) is 5.70. The van der Waals surface area contributed by atoms with E-state index in [1.165, 1.54) is 36.5 Å². The Morgan fingerprint density at radius 1 is 1.22 bits per heavy atom. The van der Waals surface area contributed by atoms with Crippen molar-refractivity contribution < 1.29 is 4.79 Å². The molecule has 0 bridgehead atoms. The summed E-state index contributed by atoms with van der Waals surface area (Å²) >= 11 is 0. The van der Waals surface area contributed by atoms with Gasteiger partial charge in [-0.05, 0) is 49.3 Å². The van der Waals surface area contributed by atoms with Crippen molar-refractivity contribution in [2.75, 3.05) is 31.5 Å². The molecule has 9 heteroatoms. The van der Waals surface area contributed by atoms with E-state index >= 15 is 0 Å². The highest BCUT2D eigenvalue weighted by molar-refractivity contribution is 5.87. The SMILES string of the molecule is C=CC(=O)N1CCN(C(CC2CC2)c2ccc(C3(Nc4ncc5[nH]c(=O)n(CC)c5n4)CC3)cc2)CC1. The van der Waals surface area contributed by atoms with Gasteiger partial charge in [-0.3, -0.25) is 14.3 Å². The topological polar surface area (TPSA) is 99.2 Å². The van der Waals surface area contributed by atoms with Crippen LogP contribution in [0.4, 0.5) is 5.95 Å². The van der Waals surface area contributed by atoms with Gasteiger partial charge in [-0.15, -0.1) is 0 Å². The van der Waals surface area contributed by atoms with Crippen molar-refractivity contribution in [1.82, 2.24) is 29.3 Å². The fourth-order valence-electron chi connectivity index (χ4n) is 5.70. The van der Waals surface area contributed by atoms with Crippen molar-refractivity contribution in [3.05, 3.63) is 64.7 Å². The molecule has 2 aromatic heterocycles. The van der Waals surface area contributed by atoms with E-state index in [0.717, 1.165) is 44.9 Å². The van der Waals surface area contributed by atoms with Crippen LogP contribution in [-0.2, 0) is 16.9 Å². The van der Waals surface area contributed by atoms with Gasteiger partial charge in [0.05, 0.1) is 11.7 Å². The van der Waals surface area contributed by atoms with Crippen LogP contribution in [0, 0.1) is 5.92 Å². The van der Waals surface area contributed by atoms with Crippen LogP contribution in [0.5, 0.6) is 0 Å². The zero-order valence-electron chi connectivity index (χ0n) is 21.4. The molecule has 1 aliphatic heterocycles. The van der Waals surface area contributed by atoms with Gasteiger partial charge in [0, 0.05) is 38.8 Å². The van der Waals surface area contributed by atoms with Crippen LogP contribution in [-0.4, -0.2) is 61.4 Å². The van der Waals surface area contributed by atoms with E-state index in [1.807, 2.05) is 11.8 Å². The minimum absolute atomic E-state index is 0.0302. The number of benzene rings is 1. The number of aromatic nitrogens is 4. The summed E-state index contributed by atoms with van der Waals surface area (Å²) in [6.45, 7) is 9.43. The molecular formula is C28H35N7O2. The van der Waals surface area contributed by atoms with Crippen LogP contribution in [0.3, 0.4) is 0 Å². The first kappa shape index (κ1) is 23.9. The maximum atomic E-state index is 12.1. The van der Waals surface area contributed by atoms with Crippen molar-refractivity contribution >= 4 is 23.0 Å². The predicted molar refractivity (Wildman–Crippen MR) is 143 cm³/mol. The van der Waals surface area contributed by atoms with Gasteiger partial charge in [0.2, 0.25) is 11.9 Å². The quantitative estimate of drug-likeness (QED) is 0.436. The number of H-pyrrole nitrogens is 1. The molecule has 3 aliphatic rings. The first-order valence-corrected chi connectivity index (χ1v) is 13.5. The summed E-state index contributed by atoms with van der Waals surface area (Å²) in [5.74, 6) is 1.39. The number of carbonyl (C=O) groups is 1. The first-order chi connectivity index (χ1) is 18.0. The minimum atomic E-state index is -0.164. The number of rotatable bonds is 9. The molecule has 194 valence electrons. The van der Waals surface area contributed by atoms with Gasteiger partial charge in [0.15, 0.2) is 5.65 Å². The van der Waals surface area contributed by atoms with E-state index < -0.39 is 0 Å². The number of nitrogens with one attached hydrogen (secondary N) is 2. The molecule has 9 nitrogen and oxygen atoms in total. The van der Waals surface area contributed by atoms with Crippen molar-refractivity contribution in [3.63, 3.8) is 0 Å². The number of amides is 1. The number of nitrogens with zero attached hydrogens (tertiary/aromatic N) is 5. The minimum Gasteiger partial charge on any atom is -0.345 e. The molecule has 1 unspecified atom stereocenters. The van der Waals surface area contributed by atoms with Crippen molar-refractivity contribution in [3.8, 4) is 0 Å². The highest BCUT2D eigenvalue weighted by atomic mass is 16.2. The third-order valence-corrected chi connectivity index (χ3v) is 8.27. The highest BCUT2D eigenvalue weighted by Crippen LogP contribution is 2.48. The largest absolute Gasteiger partial charge is 0.345 e. The second-order valence-electron chi connectivity index (χ2n) is 10.7. The zero-order valence-corrected chi connectivity index (χ0v) is 21.4. The number of carbonyl (C=O) groups excluding carboxylic acids is 1. The number of anilines is 1. The molecule has 1 amide bonds. The molecule has 0 spiro atoms. The Morgan fingerprint density at radius 3 is 2.57 bits per heavy atom. The summed E-state index contributed by atoms with van der Waals surface area (Å²) in [5.41, 5.74) is 3.56. The lowest BCUT2D eigenvalue weighted by molar-refractivity contribution is -0.128. The van der Waals surface area contributed by atoms with Gasteiger partial charge >= 0.3 is 5.69 Å². The van der Waals surface area contributed by atoms with E-state index in [1.54, 1.807) is 10.8 Å². The second-order valence-corrected chi connectivity index (χ2v) is 10.7. The number of aryl methyl sites for hydroxylation is 1. The van der Waals surface area contributed by atoms with Gasteiger partial charge in [-0.2, -0.15) is 4.98 Å². The molecular weight excluding hydrogens is 466 g/mol. The smallest absolute Gasteiger partial charge is 0.327 e. The van der Waals surface area contributed by atoms with E-state index in [-0.39, 0.29) is 17.1 Å². The molecule has 37 heavy (non-hydrogen) atoms. The number of imidazole rings is 1. The van der Waals surface area contributed by atoms with E-state index in [0.29, 0.717) is 29.7 Å². The van der Waals surface area contributed by atoms with Crippen LogP contribution in [0.25, 0.3) is 11.2 Å². The van der Waals surface area contributed by atoms with Crippen LogP contribution in [0.15, 0.2) is 47.9 Å². The Hall–Kier alpha value is -3.46. The van der Waals surface area contributed by atoms with E-state index in [4.69, 9.17) is 0 Å². The first-order valence-electron chi connectivity index (χ1n) is 13.5. The number of piperazine rings is 1. The molecule has 1 atom stereocenters. The van der Waals surface area contributed by atoms with E-state index in [2.05, 4.69) is 56.0 Å². The van der Waals surface area contributed by atoms with Crippen LogP contribution < -0.4 is 11.0 Å². The average Bonchev–Trinajstić information content (AvgIpc) is 3.86. The lowest BCUT2D eigenvalue weighted by Gasteiger charge is -2.39. The Balaban J connectivity index is 1.19. The summed E-state index contributed by atoms with van der Waals surface area (Å²) in [7, 11) is 0. The van der Waals surface area contributed by atoms with Gasteiger partial charge < -0.3 is 15.2 Å². The molecule has 1 saturated heterocycles. The molecule has 2 aliphatic carbocycles. The van der Waals surface area contributed by atoms with Crippen LogP contribution >= 0.6 is 0 Å². The van der Waals surface area contributed by atoms with Crippen molar-refractivity contribution in [2.24, 2.45) is 5.92 Å². The standard InChI is InChI=1S/C28H35N7O2/c1-3-24(36)34-15-13-33(14-16-34)23(17-19-5-6-19)20-7-9-21(10-8-20)28(11-12-28)32-26-29-18-22-25(31-26)35(4-2)27(37)30-22/h3,7-10,18-19,23H,1,4-6,11-17H2,2H3,(H,30,37)(H,29,31,32). The van der Waals surface area contributed by atoms with Gasteiger partial charge in [-0.25, -0.2) is 9.78 Å². The predicted octanol–water partition coefficient (Wildman–Crippen LogP) is 3.41. The Kier molecular flexibility index (Phi) is 6.10. The summed E-state index contributed by atoms with van der Waals surface area (Å²) in [4.78, 5) is 40.5. The van der Waals surface area contributed by atoms with E-state index in [9.17, 15) is 9.59 Å². The number of hydrogen-bond donors (Lipinski definition) is 2. The van der Waals surface area contributed by atoms with Crippen LogP contribution in [0.2, 0.25) is 0 Å². The molecule has 0 radical (unpaired) electrons. The summed E-state index contributed by atoms with van der Waals surface area (Å²) in [6, 6.07) is 9.47. The molecule has 3 heterocycles. The maximum absolute atomic E-state index is 12.1. The summed E-state index contributed by atoms with van der Waals surface area (Å²) < 4.78 is 1.63. The Labute approximate surface area is 216 Å². The van der Waals surface area contributed by atoms with Crippen molar-refractivity contribution in [1.29, 1.82) is 0 Å². The van der Waals surface area contributed by atoms with Gasteiger partial charge in [0.25, 0.3) is 0 Å². The molecule has 3 fully saturated rings. The Bertz CT molecular complexity index is 1360. The van der Waals surface area contributed by atoms with Gasteiger partial charge in [-0.1, -0.05) is 43.7 Å². The van der Waals surface area contributed by atoms with Gasteiger partial charge in [0.1, 0.15) is 5.52 Å². The normalized spacial score (nSPS) is 20.1. The number of hydrogen-bond acceptors (Lipinski definition) is 6. The Morgan fingerprint density at radius 2 is 1.95 bits per heavy atom. The zero-order chi connectivity index (χ0) is 25.6. The molecule has 1 aromatic carbocycles. The molecule has 6 rings (SSSR count). The third-order valence-electron chi connectivity index (χ3n) is 8.27. The molecule has 2 saturated carbocycles.